The molecule has 0 aliphatic heterocycles. The molecule has 0 amide bonds. The second-order valence-corrected chi connectivity index (χ2v) is 7.28. The molecule has 5 nitrogen and oxygen atoms in total. The number of nitriles is 1. The van der Waals surface area contributed by atoms with E-state index in [0.717, 1.165) is 19.3 Å². The number of hydrogen-bond donors (Lipinski definition) is 2. The van der Waals surface area contributed by atoms with Gasteiger partial charge in [0.15, 0.2) is 0 Å². The Kier molecular flexibility index (Phi) is 5.22. The average Bonchev–Trinajstić information content (AvgIpc) is 2.63. The molecule has 1 saturated carbocycles. The second kappa shape index (κ2) is 6.75. The Morgan fingerprint density at radius 3 is 2.67 bits per heavy atom. The van der Waals surface area contributed by atoms with Crippen molar-refractivity contribution in [1.82, 2.24) is 4.72 Å². The zero-order valence-corrected chi connectivity index (χ0v) is 13.0. The van der Waals surface area contributed by atoms with Crippen LogP contribution < -0.4 is 4.72 Å². The summed E-state index contributed by atoms with van der Waals surface area (Å²) in [6.07, 6.45) is 3.29. The van der Waals surface area contributed by atoms with E-state index in [2.05, 4.69) is 4.72 Å². The maximum absolute atomic E-state index is 12.4. The number of nitrogens with zero attached hydrogens (tertiary/aromatic N) is 1. The second-order valence-electron chi connectivity index (χ2n) is 5.19. The van der Waals surface area contributed by atoms with Crippen LogP contribution in [0.2, 0.25) is 5.02 Å². The Balaban J connectivity index is 2.24. The molecular weight excluding hydrogens is 312 g/mol. The lowest BCUT2D eigenvalue weighted by molar-refractivity contribution is 0.130. The normalized spacial score (nSPS) is 23.3. The number of sulfonamides is 1. The Morgan fingerprint density at radius 2 is 2.00 bits per heavy atom. The van der Waals surface area contributed by atoms with Crippen LogP contribution in [0.3, 0.4) is 0 Å². The Hall–Kier alpha value is -1.13. The van der Waals surface area contributed by atoms with Gasteiger partial charge in [0, 0.05) is 6.04 Å². The molecule has 2 N–H and O–H groups in total. The molecule has 0 heterocycles. The van der Waals surface area contributed by atoms with Gasteiger partial charge in [-0.25, -0.2) is 13.1 Å². The van der Waals surface area contributed by atoms with E-state index >= 15 is 0 Å². The van der Waals surface area contributed by atoms with E-state index in [1.165, 1.54) is 18.2 Å². The van der Waals surface area contributed by atoms with Crippen LogP contribution in [0, 0.1) is 11.3 Å². The quantitative estimate of drug-likeness (QED) is 0.832. The van der Waals surface area contributed by atoms with E-state index in [9.17, 15) is 13.5 Å². The van der Waals surface area contributed by atoms with Crippen molar-refractivity contribution < 1.29 is 13.5 Å². The Labute approximate surface area is 129 Å². The summed E-state index contributed by atoms with van der Waals surface area (Å²) in [5.74, 6) is 0. The summed E-state index contributed by atoms with van der Waals surface area (Å²) in [4.78, 5) is -0.0698. The molecule has 0 saturated heterocycles. The van der Waals surface area contributed by atoms with E-state index in [1.807, 2.05) is 6.07 Å². The van der Waals surface area contributed by atoms with Gasteiger partial charge in [-0.2, -0.15) is 5.26 Å². The highest BCUT2D eigenvalue weighted by atomic mass is 35.5. The van der Waals surface area contributed by atoms with Crippen LogP contribution >= 0.6 is 11.6 Å². The zero-order valence-electron chi connectivity index (χ0n) is 11.4. The molecule has 1 aliphatic carbocycles. The molecular formula is C14H17ClN2O3S. The predicted molar refractivity (Wildman–Crippen MR) is 79.4 cm³/mol. The molecule has 7 heteroatoms. The third kappa shape index (κ3) is 3.95. The Bertz CT molecular complexity index is 655. The van der Waals surface area contributed by atoms with Crippen LogP contribution in [-0.4, -0.2) is 25.7 Å². The molecule has 114 valence electrons. The van der Waals surface area contributed by atoms with Crippen molar-refractivity contribution in [3.05, 3.63) is 28.8 Å². The van der Waals surface area contributed by atoms with Crippen LogP contribution in [0.25, 0.3) is 0 Å². The number of aliphatic hydroxyl groups is 1. The van der Waals surface area contributed by atoms with Gasteiger partial charge >= 0.3 is 0 Å². The van der Waals surface area contributed by atoms with Crippen molar-refractivity contribution in [1.29, 1.82) is 5.26 Å². The lowest BCUT2D eigenvalue weighted by Gasteiger charge is -2.22. The van der Waals surface area contributed by atoms with Gasteiger partial charge in [0.1, 0.15) is 4.90 Å². The fraction of sp³-hybridized carbons (Fsp3) is 0.500. The van der Waals surface area contributed by atoms with Crippen LogP contribution in [0.4, 0.5) is 0 Å². The van der Waals surface area contributed by atoms with Gasteiger partial charge in [0.2, 0.25) is 10.0 Å². The van der Waals surface area contributed by atoms with E-state index < -0.39 is 22.2 Å². The molecule has 2 unspecified atom stereocenters. The summed E-state index contributed by atoms with van der Waals surface area (Å²) in [6.45, 7) is 0. The molecule has 0 spiro atoms. The first-order chi connectivity index (χ1) is 9.94. The average molecular weight is 329 g/mol. The summed E-state index contributed by atoms with van der Waals surface area (Å²) in [6, 6.07) is 5.44. The molecule has 2 rings (SSSR count). The minimum Gasteiger partial charge on any atom is -0.391 e. The first-order valence-electron chi connectivity index (χ1n) is 6.84. The first kappa shape index (κ1) is 16.2. The molecule has 21 heavy (non-hydrogen) atoms. The van der Waals surface area contributed by atoms with E-state index in [-0.39, 0.29) is 9.92 Å². The van der Waals surface area contributed by atoms with Crippen molar-refractivity contribution in [3.8, 4) is 6.07 Å². The highest BCUT2D eigenvalue weighted by Gasteiger charge is 2.28. The van der Waals surface area contributed by atoms with Crippen molar-refractivity contribution in [2.45, 2.75) is 49.1 Å². The van der Waals surface area contributed by atoms with Gasteiger partial charge in [-0.05, 0) is 31.0 Å². The number of aliphatic hydroxyl groups excluding tert-OH is 1. The van der Waals surface area contributed by atoms with E-state index in [0.29, 0.717) is 18.4 Å². The topological polar surface area (TPSA) is 90.2 Å². The van der Waals surface area contributed by atoms with E-state index in [4.69, 9.17) is 16.9 Å². The van der Waals surface area contributed by atoms with Gasteiger partial charge in [0.05, 0.1) is 22.8 Å². The molecule has 0 radical (unpaired) electrons. The van der Waals surface area contributed by atoms with Gasteiger partial charge in [-0.3, -0.25) is 0 Å². The fourth-order valence-corrected chi connectivity index (χ4v) is 4.33. The smallest absolute Gasteiger partial charge is 0.242 e. The molecule has 2 atom stereocenters. The molecule has 1 aromatic rings. The number of halogens is 1. The standard InChI is InChI=1S/C14H17ClN2O3S/c15-11-8-10(9-16)6-7-14(11)21(19,20)17-12-4-2-1-3-5-13(12)18/h6-8,12-13,17-18H,1-5H2. The van der Waals surface area contributed by atoms with Crippen LogP contribution in [0.1, 0.15) is 37.7 Å². The van der Waals surface area contributed by atoms with Gasteiger partial charge < -0.3 is 5.11 Å². The molecule has 0 aromatic heterocycles. The number of benzene rings is 1. The minimum absolute atomic E-state index is 0.00432. The van der Waals surface area contributed by atoms with Crippen molar-refractivity contribution in [2.75, 3.05) is 0 Å². The van der Waals surface area contributed by atoms with Gasteiger partial charge in [-0.15, -0.1) is 0 Å². The highest BCUT2D eigenvalue weighted by Crippen LogP contribution is 2.25. The van der Waals surface area contributed by atoms with Crippen molar-refractivity contribution in [3.63, 3.8) is 0 Å². The summed E-state index contributed by atoms with van der Waals surface area (Å²) in [7, 11) is -3.82. The maximum atomic E-state index is 12.4. The van der Waals surface area contributed by atoms with Crippen LogP contribution in [-0.2, 0) is 10.0 Å². The summed E-state index contributed by atoms with van der Waals surface area (Å²) < 4.78 is 27.3. The summed E-state index contributed by atoms with van der Waals surface area (Å²) in [5, 5.41) is 18.8. The largest absolute Gasteiger partial charge is 0.391 e. The zero-order chi connectivity index (χ0) is 15.5. The third-order valence-corrected chi connectivity index (χ3v) is 5.61. The molecule has 1 fully saturated rings. The third-order valence-electron chi connectivity index (χ3n) is 3.64. The SMILES string of the molecule is N#Cc1ccc(S(=O)(=O)NC2CCCCCC2O)c(Cl)c1. The first-order valence-corrected chi connectivity index (χ1v) is 8.70. The highest BCUT2D eigenvalue weighted by molar-refractivity contribution is 7.89. The van der Waals surface area contributed by atoms with Crippen molar-refractivity contribution >= 4 is 21.6 Å². The van der Waals surface area contributed by atoms with Crippen LogP contribution in [0.5, 0.6) is 0 Å². The van der Waals surface area contributed by atoms with Gasteiger partial charge in [0.25, 0.3) is 0 Å². The Morgan fingerprint density at radius 1 is 1.29 bits per heavy atom. The number of hydrogen-bond acceptors (Lipinski definition) is 4. The number of rotatable bonds is 3. The number of nitrogens with one attached hydrogen (secondary N) is 1. The minimum atomic E-state index is -3.82. The predicted octanol–water partition coefficient (Wildman–Crippen LogP) is 2.18. The lowest BCUT2D eigenvalue weighted by atomic mass is 10.1. The monoisotopic (exact) mass is 328 g/mol. The van der Waals surface area contributed by atoms with E-state index in [1.54, 1.807) is 0 Å². The lowest BCUT2D eigenvalue weighted by Crippen LogP contribution is -2.42. The van der Waals surface area contributed by atoms with Crippen LogP contribution in [0.15, 0.2) is 23.1 Å². The molecule has 1 aliphatic rings. The molecule has 0 bridgehead atoms. The fourth-order valence-electron chi connectivity index (χ4n) is 2.48. The maximum Gasteiger partial charge on any atom is 0.242 e. The van der Waals surface area contributed by atoms with Gasteiger partial charge in [-0.1, -0.05) is 30.9 Å². The van der Waals surface area contributed by atoms with Crippen molar-refractivity contribution in [2.24, 2.45) is 0 Å². The summed E-state index contributed by atoms with van der Waals surface area (Å²) >= 11 is 5.95. The summed E-state index contributed by atoms with van der Waals surface area (Å²) in [5.41, 5.74) is 0.299. The molecule has 1 aromatic carbocycles.